The molecule has 3 rings (SSSR count). The smallest absolute Gasteiger partial charge is 0.380 e. The Morgan fingerprint density at radius 3 is 2.50 bits per heavy atom. The number of hydrogen-bond acceptors (Lipinski definition) is 4. The van der Waals surface area contributed by atoms with Crippen LogP contribution in [0.15, 0.2) is 41.6 Å². The second-order valence-electron chi connectivity index (χ2n) is 7.27. The van der Waals surface area contributed by atoms with E-state index in [4.69, 9.17) is 32.8 Å². The number of carbonyl (C=O) groups is 1. The van der Waals surface area contributed by atoms with Gasteiger partial charge in [-0.25, -0.2) is 0 Å². The van der Waals surface area contributed by atoms with Crippen LogP contribution < -0.4 is 5.32 Å². The van der Waals surface area contributed by atoms with Gasteiger partial charge in [0.25, 0.3) is 11.5 Å². The molecule has 172 valence electrons. The number of aryl methyl sites for hydroxylation is 1. The number of ether oxygens (including phenoxy) is 1. The first kappa shape index (κ1) is 24.4. The molecule has 0 saturated carbocycles. The number of amides is 1. The lowest BCUT2D eigenvalue weighted by Gasteiger charge is -2.29. The number of halogens is 5. The van der Waals surface area contributed by atoms with Gasteiger partial charge in [0, 0.05) is 40.7 Å². The van der Waals surface area contributed by atoms with Gasteiger partial charge in [0.15, 0.2) is 0 Å². The van der Waals surface area contributed by atoms with Crippen LogP contribution in [0.5, 0.6) is 0 Å². The van der Waals surface area contributed by atoms with Crippen LogP contribution in [0.4, 0.5) is 13.2 Å². The van der Waals surface area contributed by atoms with Crippen LogP contribution >= 0.6 is 23.2 Å². The monoisotopic (exact) mass is 488 g/mol. The SMILES string of the molecule is CCOCCNC(=O)c1ccc(C2=NOC(c3cc(Cl)cc(Cl)c3)(C(F)(F)F)C2)cc1C. The standard InChI is InChI=1S/C22H21Cl2F3N2O3/c1-3-31-7-6-28-20(30)18-5-4-14(8-13(18)2)19-12-21(32-29-19,22(25,26)27)15-9-16(23)11-17(24)10-15/h4-5,8-11H,3,6-7,12H2,1-2H3,(H,28,30). The van der Waals surface area contributed by atoms with E-state index in [9.17, 15) is 18.0 Å². The molecule has 1 unspecified atom stereocenters. The molecule has 1 atom stereocenters. The maximum Gasteiger partial charge on any atom is 0.435 e. The van der Waals surface area contributed by atoms with Crippen molar-refractivity contribution >= 4 is 34.8 Å². The minimum atomic E-state index is -4.78. The van der Waals surface area contributed by atoms with Crippen LogP contribution in [0.25, 0.3) is 0 Å². The number of nitrogens with zero attached hydrogens (tertiary/aromatic N) is 1. The average Bonchev–Trinajstić information content (AvgIpc) is 3.17. The number of oxime groups is 1. The number of hydrogen-bond donors (Lipinski definition) is 1. The molecule has 5 nitrogen and oxygen atoms in total. The van der Waals surface area contributed by atoms with Crippen molar-refractivity contribution in [2.75, 3.05) is 19.8 Å². The largest absolute Gasteiger partial charge is 0.435 e. The molecule has 32 heavy (non-hydrogen) atoms. The summed E-state index contributed by atoms with van der Waals surface area (Å²) in [4.78, 5) is 17.4. The van der Waals surface area contributed by atoms with Crippen LogP contribution in [-0.4, -0.2) is 37.6 Å². The van der Waals surface area contributed by atoms with Crippen molar-refractivity contribution in [2.45, 2.75) is 32.0 Å². The van der Waals surface area contributed by atoms with Gasteiger partial charge in [-0.2, -0.15) is 13.2 Å². The summed E-state index contributed by atoms with van der Waals surface area (Å²) in [5, 5.41) is 6.59. The van der Waals surface area contributed by atoms with Gasteiger partial charge in [-0.15, -0.1) is 0 Å². The number of carbonyl (C=O) groups excluding carboxylic acids is 1. The molecular formula is C22H21Cl2F3N2O3. The van der Waals surface area contributed by atoms with Crippen molar-refractivity contribution in [1.82, 2.24) is 5.32 Å². The summed E-state index contributed by atoms with van der Waals surface area (Å²) in [5.74, 6) is -0.295. The Labute approximate surface area is 193 Å². The normalized spacial score (nSPS) is 18.3. The Morgan fingerprint density at radius 2 is 1.91 bits per heavy atom. The zero-order valence-corrected chi connectivity index (χ0v) is 18.9. The summed E-state index contributed by atoms with van der Waals surface area (Å²) >= 11 is 11.9. The van der Waals surface area contributed by atoms with Crippen molar-refractivity contribution in [3.05, 3.63) is 68.7 Å². The number of rotatable bonds is 7. The van der Waals surface area contributed by atoms with Crippen molar-refractivity contribution in [2.24, 2.45) is 5.16 Å². The average molecular weight is 489 g/mol. The molecule has 0 bridgehead atoms. The van der Waals surface area contributed by atoms with E-state index in [1.165, 1.54) is 18.2 Å². The van der Waals surface area contributed by atoms with Crippen LogP contribution in [-0.2, 0) is 15.2 Å². The fourth-order valence-electron chi connectivity index (χ4n) is 3.42. The minimum absolute atomic E-state index is 0.0590. The maximum atomic E-state index is 14.1. The maximum absolute atomic E-state index is 14.1. The third-order valence-corrected chi connectivity index (χ3v) is 5.49. The highest BCUT2D eigenvalue weighted by atomic mass is 35.5. The number of benzene rings is 2. The van der Waals surface area contributed by atoms with E-state index in [1.807, 2.05) is 6.92 Å². The van der Waals surface area contributed by atoms with Crippen LogP contribution in [0.3, 0.4) is 0 Å². The highest BCUT2D eigenvalue weighted by molar-refractivity contribution is 6.34. The predicted molar refractivity (Wildman–Crippen MR) is 116 cm³/mol. The fraction of sp³-hybridized carbons (Fsp3) is 0.364. The van der Waals surface area contributed by atoms with Crippen molar-refractivity contribution in [1.29, 1.82) is 0 Å². The Kier molecular flexibility index (Phi) is 7.37. The second-order valence-corrected chi connectivity index (χ2v) is 8.14. The lowest BCUT2D eigenvalue weighted by molar-refractivity contribution is -0.275. The van der Waals surface area contributed by atoms with Crippen LogP contribution in [0.2, 0.25) is 10.0 Å². The molecule has 2 aromatic rings. The molecule has 0 fully saturated rings. The van der Waals surface area contributed by atoms with E-state index in [1.54, 1.807) is 25.1 Å². The van der Waals surface area contributed by atoms with Crippen LogP contribution in [0.1, 0.15) is 40.4 Å². The molecule has 1 aliphatic rings. The van der Waals surface area contributed by atoms with E-state index in [-0.39, 0.29) is 27.2 Å². The molecular weight excluding hydrogens is 468 g/mol. The predicted octanol–water partition coefficient (Wildman–Crippen LogP) is 5.65. The molecule has 1 aliphatic heterocycles. The first-order valence-electron chi connectivity index (χ1n) is 9.82. The van der Waals surface area contributed by atoms with E-state index in [0.29, 0.717) is 36.4 Å². The Morgan fingerprint density at radius 1 is 1.22 bits per heavy atom. The topological polar surface area (TPSA) is 59.9 Å². The Hall–Kier alpha value is -2.29. The molecule has 0 saturated heterocycles. The molecule has 1 amide bonds. The summed E-state index contributed by atoms with van der Waals surface area (Å²) in [6.07, 6.45) is -5.34. The molecule has 1 N–H and O–H groups in total. The first-order valence-corrected chi connectivity index (χ1v) is 10.6. The van der Waals surface area contributed by atoms with Gasteiger partial charge >= 0.3 is 6.18 Å². The number of nitrogens with one attached hydrogen (secondary N) is 1. The van der Waals surface area contributed by atoms with E-state index >= 15 is 0 Å². The fourth-order valence-corrected chi connectivity index (χ4v) is 3.95. The van der Waals surface area contributed by atoms with E-state index in [2.05, 4.69) is 10.5 Å². The highest BCUT2D eigenvalue weighted by Crippen LogP contribution is 2.49. The molecule has 0 aliphatic carbocycles. The zero-order chi connectivity index (χ0) is 23.5. The third kappa shape index (κ3) is 5.03. The quantitative estimate of drug-likeness (QED) is 0.512. The van der Waals surface area contributed by atoms with Crippen molar-refractivity contribution in [3.8, 4) is 0 Å². The van der Waals surface area contributed by atoms with Gasteiger partial charge in [-0.1, -0.05) is 34.4 Å². The highest BCUT2D eigenvalue weighted by Gasteiger charge is 2.62. The molecule has 0 radical (unpaired) electrons. The van der Waals surface area contributed by atoms with Gasteiger partial charge in [0.2, 0.25) is 0 Å². The summed E-state index contributed by atoms with van der Waals surface area (Å²) in [6, 6.07) is 8.38. The first-order chi connectivity index (χ1) is 15.1. The molecule has 0 spiro atoms. The summed E-state index contributed by atoms with van der Waals surface area (Å²) in [7, 11) is 0. The van der Waals surface area contributed by atoms with Gasteiger partial charge < -0.3 is 14.9 Å². The summed E-state index contributed by atoms with van der Waals surface area (Å²) < 4.78 is 47.6. The lowest BCUT2D eigenvalue weighted by Crippen LogP contribution is -2.42. The van der Waals surface area contributed by atoms with Gasteiger partial charge in [0.05, 0.1) is 12.3 Å². The zero-order valence-electron chi connectivity index (χ0n) is 17.4. The van der Waals surface area contributed by atoms with Gasteiger partial charge in [-0.05, 0) is 55.3 Å². The summed E-state index contributed by atoms with van der Waals surface area (Å²) in [6.45, 7) is 4.85. The Balaban J connectivity index is 1.84. The van der Waals surface area contributed by atoms with Crippen LogP contribution in [0, 0.1) is 6.92 Å². The molecule has 2 aromatic carbocycles. The third-order valence-electron chi connectivity index (χ3n) is 5.06. The summed E-state index contributed by atoms with van der Waals surface area (Å²) in [5.41, 5.74) is -1.41. The molecule has 1 heterocycles. The number of alkyl halides is 3. The van der Waals surface area contributed by atoms with Crippen molar-refractivity contribution in [3.63, 3.8) is 0 Å². The lowest BCUT2D eigenvalue weighted by atomic mass is 9.86. The van der Waals surface area contributed by atoms with E-state index in [0.717, 1.165) is 0 Å². The van der Waals surface area contributed by atoms with E-state index < -0.39 is 18.2 Å². The molecule has 10 heteroatoms. The van der Waals surface area contributed by atoms with Gasteiger partial charge in [-0.3, -0.25) is 4.79 Å². The van der Waals surface area contributed by atoms with Gasteiger partial charge in [0.1, 0.15) is 0 Å². The Bertz CT molecular complexity index is 1020. The van der Waals surface area contributed by atoms with Crippen molar-refractivity contribution < 1.29 is 27.5 Å². The second kappa shape index (κ2) is 9.68. The minimum Gasteiger partial charge on any atom is -0.380 e. The molecule has 0 aromatic heterocycles.